The maximum absolute atomic E-state index is 11.7. The van der Waals surface area contributed by atoms with E-state index < -0.39 is 0 Å². The standard InChI is InChI=1S/C12H16N2O2/c1-7(2)11-12(15)14-9-5-4-8(16-3)6-10(9)13-11/h4-7,11,13H,1-3H3,(H,14,15). The lowest BCUT2D eigenvalue weighted by atomic mass is 10.0. The molecule has 0 bridgehead atoms. The fourth-order valence-corrected chi connectivity index (χ4v) is 1.79. The molecule has 16 heavy (non-hydrogen) atoms. The molecular weight excluding hydrogens is 204 g/mol. The molecule has 1 aromatic rings. The zero-order chi connectivity index (χ0) is 11.7. The van der Waals surface area contributed by atoms with Crippen molar-refractivity contribution >= 4 is 17.3 Å². The maximum Gasteiger partial charge on any atom is 0.247 e. The number of hydrogen-bond donors (Lipinski definition) is 2. The van der Waals surface area contributed by atoms with Crippen LogP contribution in [0.4, 0.5) is 11.4 Å². The van der Waals surface area contributed by atoms with Crippen LogP contribution < -0.4 is 15.4 Å². The fourth-order valence-electron chi connectivity index (χ4n) is 1.79. The van der Waals surface area contributed by atoms with Gasteiger partial charge in [0.25, 0.3) is 0 Å². The summed E-state index contributed by atoms with van der Waals surface area (Å²) in [5.41, 5.74) is 1.72. The van der Waals surface area contributed by atoms with Crippen molar-refractivity contribution in [3.05, 3.63) is 18.2 Å². The molecule has 86 valence electrons. The van der Waals surface area contributed by atoms with Crippen molar-refractivity contribution in [1.82, 2.24) is 0 Å². The summed E-state index contributed by atoms with van der Waals surface area (Å²) in [6.45, 7) is 4.03. The van der Waals surface area contributed by atoms with E-state index >= 15 is 0 Å². The summed E-state index contributed by atoms with van der Waals surface area (Å²) < 4.78 is 5.15. The highest BCUT2D eigenvalue weighted by Gasteiger charge is 2.27. The van der Waals surface area contributed by atoms with Crippen molar-refractivity contribution in [3.8, 4) is 5.75 Å². The Balaban J connectivity index is 2.32. The molecule has 0 saturated heterocycles. The Hall–Kier alpha value is -1.71. The highest BCUT2D eigenvalue weighted by Crippen LogP contribution is 2.31. The lowest BCUT2D eigenvalue weighted by molar-refractivity contribution is -0.117. The monoisotopic (exact) mass is 220 g/mol. The Morgan fingerprint density at radius 1 is 1.31 bits per heavy atom. The minimum absolute atomic E-state index is 0.0210. The molecular formula is C12H16N2O2. The number of ether oxygens (including phenoxy) is 1. The van der Waals surface area contributed by atoms with Gasteiger partial charge in [0.05, 0.1) is 18.5 Å². The molecule has 1 heterocycles. The van der Waals surface area contributed by atoms with Gasteiger partial charge >= 0.3 is 0 Å². The van der Waals surface area contributed by atoms with Gasteiger partial charge < -0.3 is 15.4 Å². The van der Waals surface area contributed by atoms with Gasteiger partial charge in [0, 0.05) is 6.07 Å². The highest BCUT2D eigenvalue weighted by atomic mass is 16.5. The van der Waals surface area contributed by atoms with E-state index in [0.717, 1.165) is 17.1 Å². The second kappa shape index (κ2) is 4.04. The van der Waals surface area contributed by atoms with Crippen LogP contribution in [-0.4, -0.2) is 19.1 Å². The summed E-state index contributed by atoms with van der Waals surface area (Å²) in [6.07, 6.45) is 0. The summed E-state index contributed by atoms with van der Waals surface area (Å²) in [6, 6.07) is 5.38. The van der Waals surface area contributed by atoms with E-state index in [1.807, 2.05) is 32.0 Å². The SMILES string of the molecule is COc1ccc2c(c1)NC(C(C)C)C(=O)N2. The largest absolute Gasteiger partial charge is 0.497 e. The van der Waals surface area contributed by atoms with Gasteiger partial charge in [-0.3, -0.25) is 4.79 Å². The molecule has 1 aliphatic rings. The predicted molar refractivity (Wildman–Crippen MR) is 63.9 cm³/mol. The van der Waals surface area contributed by atoms with Gasteiger partial charge in [-0.15, -0.1) is 0 Å². The summed E-state index contributed by atoms with van der Waals surface area (Å²) in [4.78, 5) is 11.7. The first kappa shape index (κ1) is 10.8. The van der Waals surface area contributed by atoms with E-state index in [4.69, 9.17) is 4.74 Å². The second-order valence-corrected chi connectivity index (χ2v) is 4.27. The first-order valence-electron chi connectivity index (χ1n) is 5.37. The number of anilines is 2. The summed E-state index contributed by atoms with van der Waals surface area (Å²) >= 11 is 0. The van der Waals surface area contributed by atoms with Gasteiger partial charge in [-0.2, -0.15) is 0 Å². The van der Waals surface area contributed by atoms with Gasteiger partial charge in [0.2, 0.25) is 5.91 Å². The van der Waals surface area contributed by atoms with Crippen molar-refractivity contribution in [3.63, 3.8) is 0 Å². The number of methoxy groups -OCH3 is 1. The van der Waals surface area contributed by atoms with Crippen LogP contribution in [0.2, 0.25) is 0 Å². The third-order valence-corrected chi connectivity index (χ3v) is 2.74. The predicted octanol–water partition coefficient (Wildman–Crippen LogP) is 2.08. The minimum Gasteiger partial charge on any atom is -0.497 e. The van der Waals surface area contributed by atoms with Gasteiger partial charge in [-0.25, -0.2) is 0 Å². The Morgan fingerprint density at radius 2 is 2.06 bits per heavy atom. The Morgan fingerprint density at radius 3 is 2.69 bits per heavy atom. The average Bonchev–Trinajstić information content (AvgIpc) is 2.27. The third kappa shape index (κ3) is 1.83. The summed E-state index contributed by atoms with van der Waals surface area (Å²) in [7, 11) is 1.63. The van der Waals surface area contributed by atoms with E-state index in [1.165, 1.54) is 0 Å². The van der Waals surface area contributed by atoms with Crippen LogP contribution in [0.3, 0.4) is 0 Å². The van der Waals surface area contributed by atoms with Crippen molar-refractivity contribution in [1.29, 1.82) is 0 Å². The Kier molecular flexibility index (Phi) is 2.73. The molecule has 1 aliphatic heterocycles. The van der Waals surface area contributed by atoms with Gasteiger partial charge in [-0.1, -0.05) is 13.8 Å². The van der Waals surface area contributed by atoms with E-state index in [9.17, 15) is 4.79 Å². The molecule has 1 amide bonds. The molecule has 2 N–H and O–H groups in total. The molecule has 1 unspecified atom stereocenters. The molecule has 0 spiro atoms. The molecule has 0 aliphatic carbocycles. The van der Waals surface area contributed by atoms with E-state index in [0.29, 0.717) is 0 Å². The quantitative estimate of drug-likeness (QED) is 0.802. The lowest BCUT2D eigenvalue weighted by Gasteiger charge is -2.29. The van der Waals surface area contributed by atoms with Crippen LogP contribution >= 0.6 is 0 Å². The smallest absolute Gasteiger partial charge is 0.247 e. The minimum atomic E-state index is -0.181. The van der Waals surface area contributed by atoms with Crippen LogP contribution in [0.15, 0.2) is 18.2 Å². The summed E-state index contributed by atoms with van der Waals surface area (Å²) in [5, 5.41) is 6.11. The molecule has 1 aromatic carbocycles. The number of amides is 1. The number of fused-ring (bicyclic) bond motifs is 1. The third-order valence-electron chi connectivity index (χ3n) is 2.74. The second-order valence-electron chi connectivity index (χ2n) is 4.27. The van der Waals surface area contributed by atoms with Crippen LogP contribution in [0.25, 0.3) is 0 Å². The number of nitrogens with one attached hydrogen (secondary N) is 2. The average molecular weight is 220 g/mol. The maximum atomic E-state index is 11.7. The first-order valence-corrected chi connectivity index (χ1v) is 5.37. The van der Waals surface area contributed by atoms with E-state index in [2.05, 4.69) is 10.6 Å². The molecule has 4 nitrogen and oxygen atoms in total. The highest BCUT2D eigenvalue weighted by molar-refractivity contribution is 6.03. The fraction of sp³-hybridized carbons (Fsp3) is 0.417. The van der Waals surface area contributed by atoms with Gasteiger partial charge in [0.1, 0.15) is 11.8 Å². The Bertz CT molecular complexity index is 415. The lowest BCUT2D eigenvalue weighted by Crippen LogP contribution is -2.42. The van der Waals surface area contributed by atoms with Crippen molar-refractivity contribution < 1.29 is 9.53 Å². The van der Waals surface area contributed by atoms with E-state index in [1.54, 1.807) is 7.11 Å². The molecule has 0 fully saturated rings. The number of carbonyl (C=O) groups excluding carboxylic acids is 1. The summed E-state index contributed by atoms with van der Waals surface area (Å²) in [5.74, 6) is 1.05. The van der Waals surface area contributed by atoms with Crippen LogP contribution in [0, 0.1) is 5.92 Å². The first-order chi connectivity index (χ1) is 7.61. The molecule has 0 aromatic heterocycles. The zero-order valence-corrected chi connectivity index (χ0v) is 9.70. The molecule has 4 heteroatoms. The van der Waals surface area contributed by atoms with Crippen molar-refractivity contribution in [2.24, 2.45) is 5.92 Å². The topological polar surface area (TPSA) is 50.4 Å². The van der Waals surface area contributed by atoms with Gasteiger partial charge in [0.15, 0.2) is 0 Å². The number of benzene rings is 1. The zero-order valence-electron chi connectivity index (χ0n) is 9.70. The van der Waals surface area contributed by atoms with Crippen molar-refractivity contribution in [2.75, 3.05) is 17.7 Å². The van der Waals surface area contributed by atoms with Crippen LogP contribution in [0.5, 0.6) is 5.75 Å². The molecule has 0 saturated carbocycles. The van der Waals surface area contributed by atoms with Crippen molar-refractivity contribution in [2.45, 2.75) is 19.9 Å². The Labute approximate surface area is 95.0 Å². The van der Waals surface area contributed by atoms with Crippen LogP contribution in [-0.2, 0) is 4.79 Å². The number of rotatable bonds is 2. The van der Waals surface area contributed by atoms with Gasteiger partial charge in [-0.05, 0) is 18.1 Å². The number of hydrogen-bond acceptors (Lipinski definition) is 3. The molecule has 0 radical (unpaired) electrons. The molecule has 2 rings (SSSR count). The van der Waals surface area contributed by atoms with Crippen LogP contribution in [0.1, 0.15) is 13.8 Å². The molecule has 1 atom stereocenters. The number of carbonyl (C=O) groups is 1. The normalized spacial score (nSPS) is 18.8. The van der Waals surface area contributed by atoms with E-state index in [-0.39, 0.29) is 17.9 Å².